The van der Waals surface area contributed by atoms with E-state index in [0.717, 1.165) is 22.5 Å². The first-order valence-electron chi connectivity index (χ1n) is 5.42. The van der Waals surface area contributed by atoms with Gasteiger partial charge in [-0.3, -0.25) is 0 Å². The molecule has 0 aliphatic rings. The van der Waals surface area contributed by atoms with Crippen molar-refractivity contribution in [2.24, 2.45) is 0 Å². The van der Waals surface area contributed by atoms with Crippen molar-refractivity contribution in [3.63, 3.8) is 0 Å². The number of hydrogen-bond acceptors (Lipinski definition) is 1. The molecule has 0 unspecified atom stereocenters. The summed E-state index contributed by atoms with van der Waals surface area (Å²) in [5, 5.41) is 4.37. The molecule has 0 amide bonds. The van der Waals surface area contributed by atoms with Gasteiger partial charge in [-0.05, 0) is 38.0 Å². The second kappa shape index (κ2) is 4.49. The summed E-state index contributed by atoms with van der Waals surface area (Å²) in [6.07, 6.45) is 0. The molecular weight excluding hydrogens is 239 g/mol. The zero-order valence-electron chi connectivity index (χ0n) is 10.1. The van der Waals surface area contributed by atoms with Crippen molar-refractivity contribution in [2.75, 3.05) is 0 Å². The van der Waals surface area contributed by atoms with E-state index in [4.69, 9.17) is 11.6 Å². The molecule has 0 spiro atoms. The Morgan fingerprint density at radius 1 is 1.29 bits per heavy atom. The summed E-state index contributed by atoms with van der Waals surface area (Å²) in [5.74, 6) is -0.0291. The Bertz CT molecular complexity index is 561. The Morgan fingerprint density at radius 3 is 2.53 bits per heavy atom. The van der Waals surface area contributed by atoms with Crippen LogP contribution in [0.5, 0.6) is 0 Å². The van der Waals surface area contributed by atoms with Gasteiger partial charge < -0.3 is 0 Å². The van der Waals surface area contributed by atoms with Crippen molar-refractivity contribution >= 4 is 11.6 Å². The van der Waals surface area contributed by atoms with E-state index in [0.29, 0.717) is 5.69 Å². The smallest absolute Gasteiger partial charge is 0.149 e. The third-order valence-corrected chi connectivity index (χ3v) is 3.37. The van der Waals surface area contributed by atoms with Crippen LogP contribution in [0, 0.1) is 26.6 Å². The number of alkyl halides is 1. The molecule has 0 N–H and O–H groups in total. The summed E-state index contributed by atoms with van der Waals surface area (Å²) in [4.78, 5) is 0. The molecule has 1 aromatic carbocycles. The number of para-hydroxylation sites is 1. The highest BCUT2D eigenvalue weighted by molar-refractivity contribution is 6.17. The second-order valence-electron chi connectivity index (χ2n) is 4.09. The molecule has 90 valence electrons. The maximum absolute atomic E-state index is 13.9. The van der Waals surface area contributed by atoms with Gasteiger partial charge in [0, 0.05) is 11.6 Å². The largest absolute Gasteiger partial charge is 0.234 e. The first-order chi connectivity index (χ1) is 8.06. The molecule has 4 heteroatoms. The van der Waals surface area contributed by atoms with Gasteiger partial charge in [-0.25, -0.2) is 9.07 Å². The van der Waals surface area contributed by atoms with E-state index in [1.165, 1.54) is 6.07 Å². The molecule has 0 aliphatic carbocycles. The molecule has 17 heavy (non-hydrogen) atoms. The molecule has 0 bridgehead atoms. The van der Waals surface area contributed by atoms with Crippen LogP contribution in [0.25, 0.3) is 5.69 Å². The summed E-state index contributed by atoms with van der Waals surface area (Å²) in [6.45, 7) is 5.83. The van der Waals surface area contributed by atoms with E-state index in [-0.39, 0.29) is 11.7 Å². The second-order valence-corrected chi connectivity index (χ2v) is 4.36. The SMILES string of the molecule is Cc1nn(-c2c(F)cccc2CCl)c(C)c1C. The number of aryl methyl sites for hydroxylation is 1. The highest BCUT2D eigenvalue weighted by Gasteiger charge is 2.15. The summed E-state index contributed by atoms with van der Waals surface area (Å²) < 4.78 is 15.6. The van der Waals surface area contributed by atoms with Gasteiger partial charge in [0.05, 0.1) is 5.69 Å². The van der Waals surface area contributed by atoms with E-state index < -0.39 is 0 Å². The fourth-order valence-electron chi connectivity index (χ4n) is 1.84. The van der Waals surface area contributed by atoms with Crippen LogP contribution < -0.4 is 0 Å². The van der Waals surface area contributed by atoms with Gasteiger partial charge >= 0.3 is 0 Å². The van der Waals surface area contributed by atoms with Gasteiger partial charge in [-0.2, -0.15) is 5.10 Å². The van der Waals surface area contributed by atoms with Crippen LogP contribution in [0.2, 0.25) is 0 Å². The molecule has 0 radical (unpaired) electrons. The van der Waals surface area contributed by atoms with E-state index in [9.17, 15) is 4.39 Å². The van der Waals surface area contributed by atoms with E-state index in [1.807, 2.05) is 26.8 Å². The van der Waals surface area contributed by atoms with Crippen LogP contribution in [0.1, 0.15) is 22.5 Å². The van der Waals surface area contributed by atoms with Gasteiger partial charge in [0.15, 0.2) is 0 Å². The van der Waals surface area contributed by atoms with Gasteiger partial charge in [0.2, 0.25) is 0 Å². The van der Waals surface area contributed by atoms with Crippen molar-refractivity contribution in [3.8, 4) is 5.69 Å². The van der Waals surface area contributed by atoms with Crippen molar-refractivity contribution in [2.45, 2.75) is 26.7 Å². The molecule has 0 fully saturated rings. The summed E-state index contributed by atoms with van der Waals surface area (Å²) >= 11 is 5.85. The van der Waals surface area contributed by atoms with Gasteiger partial charge in [-0.15, -0.1) is 11.6 Å². The lowest BCUT2D eigenvalue weighted by atomic mass is 10.2. The molecule has 2 nitrogen and oxygen atoms in total. The fourth-order valence-corrected chi connectivity index (χ4v) is 2.06. The minimum atomic E-state index is -0.297. The zero-order chi connectivity index (χ0) is 12.6. The average molecular weight is 253 g/mol. The number of hydrogen-bond donors (Lipinski definition) is 0. The molecule has 2 rings (SSSR count). The summed E-state index contributed by atoms with van der Waals surface area (Å²) in [5.41, 5.74) is 4.13. The highest BCUT2D eigenvalue weighted by Crippen LogP contribution is 2.23. The Labute approximate surface area is 105 Å². The Balaban J connectivity index is 2.72. The number of benzene rings is 1. The van der Waals surface area contributed by atoms with E-state index in [1.54, 1.807) is 10.7 Å². The quantitative estimate of drug-likeness (QED) is 0.746. The first-order valence-corrected chi connectivity index (χ1v) is 5.96. The standard InChI is InChI=1S/C13H14ClFN2/c1-8-9(2)16-17(10(8)3)13-11(7-14)5-4-6-12(13)15/h4-6H,7H2,1-3H3. The maximum Gasteiger partial charge on any atom is 0.149 e. The Kier molecular flexibility index (Phi) is 3.20. The average Bonchev–Trinajstić information content (AvgIpc) is 2.56. The fraction of sp³-hybridized carbons (Fsp3) is 0.308. The van der Waals surface area contributed by atoms with E-state index in [2.05, 4.69) is 5.10 Å². The number of rotatable bonds is 2. The molecular formula is C13H14ClFN2. The van der Waals surface area contributed by atoms with Crippen LogP contribution in [-0.2, 0) is 5.88 Å². The summed E-state index contributed by atoms with van der Waals surface area (Å²) in [7, 11) is 0. The third kappa shape index (κ3) is 1.95. The lowest BCUT2D eigenvalue weighted by Gasteiger charge is -2.10. The van der Waals surface area contributed by atoms with E-state index >= 15 is 0 Å². The number of nitrogens with zero attached hydrogens (tertiary/aromatic N) is 2. The van der Waals surface area contributed by atoms with Crippen molar-refractivity contribution < 1.29 is 4.39 Å². The van der Waals surface area contributed by atoms with Crippen molar-refractivity contribution in [1.29, 1.82) is 0 Å². The molecule has 1 aromatic heterocycles. The topological polar surface area (TPSA) is 17.8 Å². The van der Waals surface area contributed by atoms with Gasteiger partial charge in [0.25, 0.3) is 0 Å². The normalized spacial score (nSPS) is 10.9. The molecule has 0 atom stereocenters. The van der Waals surface area contributed by atoms with Gasteiger partial charge in [0.1, 0.15) is 11.5 Å². The molecule has 0 saturated heterocycles. The molecule has 2 aromatic rings. The number of aromatic nitrogens is 2. The predicted molar refractivity (Wildman–Crippen MR) is 67.3 cm³/mol. The molecule has 0 aliphatic heterocycles. The third-order valence-electron chi connectivity index (χ3n) is 3.08. The van der Waals surface area contributed by atoms with Crippen LogP contribution in [-0.4, -0.2) is 9.78 Å². The minimum absolute atomic E-state index is 0.268. The van der Waals surface area contributed by atoms with Crippen LogP contribution in [0.3, 0.4) is 0 Å². The first kappa shape index (κ1) is 12.1. The molecule has 0 saturated carbocycles. The highest BCUT2D eigenvalue weighted by atomic mass is 35.5. The Morgan fingerprint density at radius 2 is 2.00 bits per heavy atom. The Hall–Kier alpha value is -1.35. The summed E-state index contributed by atoms with van der Waals surface area (Å²) in [6, 6.07) is 4.91. The van der Waals surface area contributed by atoms with Crippen LogP contribution in [0.4, 0.5) is 4.39 Å². The van der Waals surface area contributed by atoms with Crippen molar-refractivity contribution in [1.82, 2.24) is 9.78 Å². The molecule has 1 heterocycles. The van der Waals surface area contributed by atoms with Crippen LogP contribution in [0.15, 0.2) is 18.2 Å². The zero-order valence-corrected chi connectivity index (χ0v) is 10.8. The lowest BCUT2D eigenvalue weighted by molar-refractivity contribution is 0.605. The van der Waals surface area contributed by atoms with Gasteiger partial charge in [-0.1, -0.05) is 12.1 Å². The van der Waals surface area contributed by atoms with Crippen LogP contribution >= 0.6 is 11.6 Å². The lowest BCUT2D eigenvalue weighted by Crippen LogP contribution is -2.05. The van der Waals surface area contributed by atoms with Crippen molar-refractivity contribution in [3.05, 3.63) is 46.5 Å². The number of halogens is 2. The maximum atomic E-state index is 13.9. The minimum Gasteiger partial charge on any atom is -0.234 e. The monoisotopic (exact) mass is 252 g/mol. The predicted octanol–water partition coefficient (Wildman–Crippen LogP) is 3.68.